The van der Waals surface area contributed by atoms with Crippen molar-refractivity contribution in [3.05, 3.63) is 69.8 Å². The summed E-state index contributed by atoms with van der Waals surface area (Å²) >= 11 is 0. The number of carbonyl (C=O) groups is 1. The van der Waals surface area contributed by atoms with Gasteiger partial charge in [0.05, 0.1) is 10.9 Å². The zero-order valence-corrected chi connectivity index (χ0v) is 14.4. The molecule has 0 unspecified atom stereocenters. The molecule has 0 fully saturated rings. The topological polar surface area (TPSA) is 74.8 Å². The first-order chi connectivity index (χ1) is 12.1. The monoisotopic (exact) mass is 335 g/mol. The van der Waals surface area contributed by atoms with Crippen molar-refractivity contribution >= 4 is 22.5 Å². The summed E-state index contributed by atoms with van der Waals surface area (Å²) in [5.41, 5.74) is 3.52. The number of fused-ring (bicyclic) bond motifs is 1. The van der Waals surface area contributed by atoms with Gasteiger partial charge in [-0.3, -0.25) is 9.59 Å². The minimum Gasteiger partial charge on any atom is -0.326 e. The molecule has 0 aliphatic rings. The van der Waals surface area contributed by atoms with E-state index in [-0.39, 0.29) is 17.9 Å². The molecule has 0 aliphatic heterocycles. The third-order valence-corrected chi connectivity index (χ3v) is 4.26. The molecule has 2 N–H and O–H groups in total. The van der Waals surface area contributed by atoms with Gasteiger partial charge in [0, 0.05) is 18.5 Å². The Kier molecular flexibility index (Phi) is 4.93. The highest BCUT2D eigenvalue weighted by Crippen LogP contribution is 2.21. The maximum Gasteiger partial charge on any atom is 0.258 e. The van der Waals surface area contributed by atoms with Crippen LogP contribution in [-0.2, 0) is 17.6 Å². The molecule has 25 heavy (non-hydrogen) atoms. The Balaban J connectivity index is 1.72. The van der Waals surface area contributed by atoms with E-state index < -0.39 is 0 Å². The number of benzene rings is 2. The van der Waals surface area contributed by atoms with Gasteiger partial charge >= 0.3 is 0 Å². The fraction of sp³-hybridized carbons (Fsp3) is 0.250. The van der Waals surface area contributed by atoms with Crippen LogP contribution < -0.4 is 10.9 Å². The zero-order chi connectivity index (χ0) is 17.8. The summed E-state index contributed by atoms with van der Waals surface area (Å²) in [6, 6.07) is 13.2. The molecule has 0 spiro atoms. The minimum atomic E-state index is -0.173. The number of aromatic nitrogens is 2. The molecule has 1 heterocycles. The molecular weight excluding hydrogens is 314 g/mol. The summed E-state index contributed by atoms with van der Waals surface area (Å²) in [5, 5.41) is 3.55. The van der Waals surface area contributed by atoms with Crippen molar-refractivity contribution in [2.45, 2.75) is 33.1 Å². The van der Waals surface area contributed by atoms with Gasteiger partial charge in [-0.15, -0.1) is 0 Å². The second-order valence-corrected chi connectivity index (χ2v) is 6.04. The number of rotatable bonds is 5. The van der Waals surface area contributed by atoms with Crippen LogP contribution in [0, 0.1) is 6.92 Å². The third-order valence-electron chi connectivity index (χ3n) is 4.26. The van der Waals surface area contributed by atoms with Crippen LogP contribution in [0.15, 0.2) is 47.3 Å². The van der Waals surface area contributed by atoms with Crippen LogP contribution in [0.2, 0.25) is 0 Å². The lowest BCUT2D eigenvalue weighted by Crippen LogP contribution is -2.17. The van der Waals surface area contributed by atoms with E-state index in [4.69, 9.17) is 0 Å². The number of hydrogen-bond donors (Lipinski definition) is 2. The third kappa shape index (κ3) is 3.76. The Morgan fingerprint density at radius 2 is 1.96 bits per heavy atom. The molecular formula is C20H21N3O2. The molecule has 5 heteroatoms. The number of anilines is 1. The number of carbonyl (C=O) groups excluding carboxylic acids is 1. The number of nitrogens with one attached hydrogen (secondary N) is 2. The van der Waals surface area contributed by atoms with Gasteiger partial charge in [0.15, 0.2) is 0 Å². The summed E-state index contributed by atoms with van der Waals surface area (Å²) in [5.74, 6) is 0.444. The van der Waals surface area contributed by atoms with Gasteiger partial charge in [0.2, 0.25) is 5.91 Å². The number of hydrogen-bond acceptors (Lipinski definition) is 3. The SMILES string of the molecule is CCc1cccc(C)c1NC(=O)CCc1nc2ccccc2c(=O)[nH]1. The van der Waals surface area contributed by atoms with E-state index >= 15 is 0 Å². The van der Waals surface area contributed by atoms with Crippen LogP contribution in [0.1, 0.15) is 30.3 Å². The first kappa shape index (κ1) is 16.9. The molecule has 0 saturated carbocycles. The Bertz CT molecular complexity index is 976. The molecule has 1 amide bonds. The predicted molar refractivity (Wildman–Crippen MR) is 99.9 cm³/mol. The normalized spacial score (nSPS) is 10.8. The van der Waals surface area contributed by atoms with Crippen LogP contribution in [0.4, 0.5) is 5.69 Å². The maximum atomic E-state index is 12.3. The summed E-state index contributed by atoms with van der Waals surface area (Å²) in [7, 11) is 0. The first-order valence-electron chi connectivity index (χ1n) is 8.44. The Hall–Kier alpha value is -2.95. The second kappa shape index (κ2) is 7.30. The molecule has 0 aliphatic carbocycles. The highest BCUT2D eigenvalue weighted by molar-refractivity contribution is 5.92. The van der Waals surface area contributed by atoms with E-state index in [1.807, 2.05) is 31.2 Å². The lowest BCUT2D eigenvalue weighted by atomic mass is 10.1. The molecule has 5 nitrogen and oxygen atoms in total. The van der Waals surface area contributed by atoms with Crippen LogP contribution in [0.25, 0.3) is 10.9 Å². The number of aromatic amines is 1. The number of nitrogens with zero attached hydrogens (tertiary/aromatic N) is 1. The first-order valence-corrected chi connectivity index (χ1v) is 8.44. The zero-order valence-electron chi connectivity index (χ0n) is 14.4. The van der Waals surface area contributed by atoms with Crippen molar-refractivity contribution in [1.82, 2.24) is 9.97 Å². The Morgan fingerprint density at radius 1 is 1.16 bits per heavy atom. The summed E-state index contributed by atoms with van der Waals surface area (Å²) < 4.78 is 0. The predicted octanol–water partition coefficient (Wildman–Crippen LogP) is 3.37. The molecule has 2 aromatic carbocycles. The van der Waals surface area contributed by atoms with Gasteiger partial charge in [-0.1, -0.05) is 37.3 Å². The van der Waals surface area contributed by atoms with E-state index in [1.54, 1.807) is 18.2 Å². The van der Waals surface area contributed by atoms with E-state index in [0.29, 0.717) is 23.1 Å². The number of para-hydroxylation sites is 2. The van der Waals surface area contributed by atoms with Gasteiger partial charge in [-0.25, -0.2) is 4.98 Å². The highest BCUT2D eigenvalue weighted by Gasteiger charge is 2.10. The van der Waals surface area contributed by atoms with E-state index in [2.05, 4.69) is 22.2 Å². The van der Waals surface area contributed by atoms with Crippen LogP contribution >= 0.6 is 0 Å². The second-order valence-electron chi connectivity index (χ2n) is 6.04. The van der Waals surface area contributed by atoms with Crippen molar-refractivity contribution in [1.29, 1.82) is 0 Å². The summed E-state index contributed by atoms with van der Waals surface area (Å²) in [6.45, 7) is 4.05. The maximum absolute atomic E-state index is 12.3. The molecule has 0 saturated heterocycles. The molecule has 0 radical (unpaired) electrons. The molecule has 128 valence electrons. The molecule has 1 aromatic heterocycles. The fourth-order valence-electron chi connectivity index (χ4n) is 2.89. The van der Waals surface area contributed by atoms with Crippen molar-refractivity contribution < 1.29 is 4.79 Å². The average Bonchev–Trinajstić information content (AvgIpc) is 2.62. The van der Waals surface area contributed by atoms with Crippen molar-refractivity contribution in [2.75, 3.05) is 5.32 Å². The fourth-order valence-corrected chi connectivity index (χ4v) is 2.89. The van der Waals surface area contributed by atoms with Gasteiger partial charge in [0.1, 0.15) is 5.82 Å². The van der Waals surface area contributed by atoms with Crippen molar-refractivity contribution in [2.24, 2.45) is 0 Å². The quantitative estimate of drug-likeness (QED) is 0.751. The Morgan fingerprint density at radius 3 is 2.76 bits per heavy atom. The minimum absolute atomic E-state index is 0.0835. The van der Waals surface area contributed by atoms with Gasteiger partial charge in [-0.2, -0.15) is 0 Å². The van der Waals surface area contributed by atoms with Crippen LogP contribution in [-0.4, -0.2) is 15.9 Å². The summed E-state index contributed by atoms with van der Waals surface area (Å²) in [6.07, 6.45) is 1.51. The number of aryl methyl sites for hydroxylation is 3. The van der Waals surface area contributed by atoms with Gasteiger partial charge in [0.25, 0.3) is 5.56 Å². The molecule has 0 bridgehead atoms. The van der Waals surface area contributed by atoms with E-state index in [0.717, 1.165) is 23.2 Å². The largest absolute Gasteiger partial charge is 0.326 e. The Labute approximate surface area is 146 Å². The lowest BCUT2D eigenvalue weighted by molar-refractivity contribution is -0.116. The smallest absolute Gasteiger partial charge is 0.258 e. The van der Waals surface area contributed by atoms with Gasteiger partial charge in [-0.05, 0) is 36.6 Å². The van der Waals surface area contributed by atoms with Crippen LogP contribution in [0.3, 0.4) is 0 Å². The van der Waals surface area contributed by atoms with Gasteiger partial charge < -0.3 is 10.3 Å². The highest BCUT2D eigenvalue weighted by atomic mass is 16.1. The number of amides is 1. The van der Waals surface area contributed by atoms with Crippen molar-refractivity contribution in [3.63, 3.8) is 0 Å². The standard InChI is InChI=1S/C20H21N3O2/c1-3-14-8-6-7-13(2)19(14)23-18(24)12-11-17-21-16-10-5-4-9-15(16)20(25)22-17/h4-10H,3,11-12H2,1-2H3,(H,23,24)(H,21,22,25). The average molecular weight is 335 g/mol. The molecule has 0 atom stereocenters. The summed E-state index contributed by atoms with van der Waals surface area (Å²) in [4.78, 5) is 31.6. The lowest BCUT2D eigenvalue weighted by Gasteiger charge is -2.12. The van der Waals surface area contributed by atoms with Crippen LogP contribution in [0.5, 0.6) is 0 Å². The molecule has 3 aromatic rings. The van der Waals surface area contributed by atoms with E-state index in [1.165, 1.54) is 0 Å². The van der Waals surface area contributed by atoms with E-state index in [9.17, 15) is 9.59 Å². The molecule has 3 rings (SSSR count). The number of H-pyrrole nitrogens is 1. The van der Waals surface area contributed by atoms with Crippen molar-refractivity contribution in [3.8, 4) is 0 Å².